The third-order valence-electron chi connectivity index (χ3n) is 3.30. The zero-order chi connectivity index (χ0) is 12.6. The highest BCUT2D eigenvalue weighted by molar-refractivity contribution is 5.15. The van der Waals surface area contributed by atoms with Gasteiger partial charge in [-0.1, -0.05) is 17.7 Å². The van der Waals surface area contributed by atoms with Crippen LogP contribution in [0.2, 0.25) is 0 Å². The van der Waals surface area contributed by atoms with Crippen LogP contribution in [0.4, 0.5) is 0 Å². The summed E-state index contributed by atoms with van der Waals surface area (Å²) >= 11 is 0. The summed E-state index contributed by atoms with van der Waals surface area (Å²) in [5.41, 5.74) is 2.65. The van der Waals surface area contributed by atoms with Crippen molar-refractivity contribution in [2.24, 2.45) is 0 Å². The van der Waals surface area contributed by atoms with Gasteiger partial charge in [-0.05, 0) is 44.7 Å². The highest BCUT2D eigenvalue weighted by atomic mass is 16.5. The Morgan fingerprint density at radius 1 is 1.33 bits per heavy atom. The van der Waals surface area contributed by atoms with Gasteiger partial charge in [-0.2, -0.15) is 0 Å². The molecule has 3 heteroatoms. The summed E-state index contributed by atoms with van der Waals surface area (Å²) in [6.07, 6.45) is 8.87. The molecular weight excluding hydrogens is 224 g/mol. The normalized spacial score (nSPS) is 15.3. The number of ether oxygens (including phenoxy) is 1. The molecule has 0 aromatic carbocycles. The number of nitrogens with zero attached hydrogens (tertiary/aromatic N) is 1. The molecule has 0 aliphatic heterocycles. The molecule has 18 heavy (non-hydrogen) atoms. The fourth-order valence-electron chi connectivity index (χ4n) is 2.27. The topological polar surface area (TPSA) is 34.1 Å². The maximum Gasteiger partial charge on any atom is 0.213 e. The lowest BCUT2D eigenvalue weighted by atomic mass is 9.97. The van der Waals surface area contributed by atoms with E-state index in [9.17, 15) is 0 Å². The van der Waals surface area contributed by atoms with Crippen molar-refractivity contribution in [2.45, 2.75) is 38.6 Å². The van der Waals surface area contributed by atoms with E-state index in [1.807, 2.05) is 18.2 Å². The van der Waals surface area contributed by atoms with Crippen LogP contribution >= 0.6 is 0 Å². The van der Waals surface area contributed by atoms with Crippen molar-refractivity contribution in [1.29, 1.82) is 0 Å². The maximum atomic E-state index is 5.11. The summed E-state index contributed by atoms with van der Waals surface area (Å²) in [6, 6.07) is 5.87. The first-order valence-corrected chi connectivity index (χ1v) is 6.77. The monoisotopic (exact) mass is 246 g/mol. The molecule has 0 fully saturated rings. The molecule has 3 nitrogen and oxygen atoms in total. The van der Waals surface area contributed by atoms with Crippen LogP contribution in [0.5, 0.6) is 5.88 Å². The molecule has 1 N–H and O–H groups in total. The number of nitrogens with one attached hydrogen (secondary N) is 1. The Labute approximate surface area is 109 Å². The fourth-order valence-corrected chi connectivity index (χ4v) is 2.27. The van der Waals surface area contributed by atoms with Crippen molar-refractivity contribution in [3.8, 4) is 5.88 Å². The highest BCUT2D eigenvalue weighted by Gasteiger charge is 2.03. The quantitative estimate of drug-likeness (QED) is 0.618. The van der Waals surface area contributed by atoms with Crippen LogP contribution in [0.25, 0.3) is 0 Å². The van der Waals surface area contributed by atoms with Crippen molar-refractivity contribution in [3.63, 3.8) is 0 Å². The largest absolute Gasteiger partial charge is 0.481 e. The van der Waals surface area contributed by atoms with E-state index >= 15 is 0 Å². The van der Waals surface area contributed by atoms with Crippen LogP contribution < -0.4 is 10.1 Å². The van der Waals surface area contributed by atoms with Crippen LogP contribution in [0.15, 0.2) is 29.8 Å². The van der Waals surface area contributed by atoms with Crippen LogP contribution in [0, 0.1) is 0 Å². The van der Waals surface area contributed by atoms with Crippen LogP contribution in [-0.2, 0) is 6.54 Å². The minimum atomic E-state index is 0.685. The lowest BCUT2D eigenvalue weighted by molar-refractivity contribution is 0.395. The zero-order valence-corrected chi connectivity index (χ0v) is 11.1. The van der Waals surface area contributed by atoms with Gasteiger partial charge in [0.1, 0.15) is 0 Å². The molecule has 0 radical (unpaired) electrons. The Morgan fingerprint density at radius 3 is 3.06 bits per heavy atom. The van der Waals surface area contributed by atoms with E-state index in [2.05, 4.69) is 16.4 Å². The summed E-state index contributed by atoms with van der Waals surface area (Å²) in [5.74, 6) is 0.685. The second-order valence-electron chi connectivity index (χ2n) is 4.71. The first-order chi connectivity index (χ1) is 8.88. The van der Waals surface area contributed by atoms with Crippen molar-refractivity contribution < 1.29 is 4.74 Å². The van der Waals surface area contributed by atoms with Gasteiger partial charge in [-0.3, -0.25) is 0 Å². The predicted octanol–water partition coefficient (Wildman–Crippen LogP) is 3.07. The first kappa shape index (κ1) is 13.1. The summed E-state index contributed by atoms with van der Waals surface area (Å²) < 4.78 is 5.11. The number of hydrogen-bond donors (Lipinski definition) is 1. The highest BCUT2D eigenvalue weighted by Crippen LogP contribution is 2.19. The van der Waals surface area contributed by atoms with Gasteiger partial charge < -0.3 is 10.1 Å². The number of rotatable bonds is 6. The molecule has 2 rings (SSSR count). The Hall–Kier alpha value is -1.35. The summed E-state index contributed by atoms with van der Waals surface area (Å²) in [4.78, 5) is 4.38. The SMILES string of the molecule is COc1cccc(CNCCC2=CCCCC2)n1. The molecule has 98 valence electrons. The Kier molecular flexibility index (Phi) is 5.21. The Bertz CT molecular complexity index is 401. The third-order valence-corrected chi connectivity index (χ3v) is 3.30. The van der Waals surface area contributed by atoms with E-state index in [0.29, 0.717) is 5.88 Å². The molecule has 0 atom stereocenters. The van der Waals surface area contributed by atoms with Gasteiger partial charge in [-0.25, -0.2) is 4.98 Å². The van der Waals surface area contributed by atoms with Gasteiger partial charge in [-0.15, -0.1) is 0 Å². The smallest absolute Gasteiger partial charge is 0.213 e. The summed E-state index contributed by atoms with van der Waals surface area (Å²) in [7, 11) is 1.65. The van der Waals surface area contributed by atoms with E-state index in [1.54, 1.807) is 12.7 Å². The molecule has 0 spiro atoms. The van der Waals surface area contributed by atoms with Crippen LogP contribution in [0.3, 0.4) is 0 Å². The number of allylic oxidation sites excluding steroid dienone is 1. The van der Waals surface area contributed by atoms with Gasteiger partial charge in [0.25, 0.3) is 0 Å². The van der Waals surface area contributed by atoms with E-state index in [-0.39, 0.29) is 0 Å². The second-order valence-corrected chi connectivity index (χ2v) is 4.71. The van der Waals surface area contributed by atoms with Crippen LogP contribution in [-0.4, -0.2) is 18.6 Å². The molecule has 1 aliphatic rings. The Morgan fingerprint density at radius 2 is 2.28 bits per heavy atom. The molecular formula is C15H22N2O. The van der Waals surface area contributed by atoms with Crippen molar-refractivity contribution in [1.82, 2.24) is 10.3 Å². The van der Waals surface area contributed by atoms with Gasteiger partial charge in [0.05, 0.1) is 12.8 Å². The summed E-state index contributed by atoms with van der Waals surface area (Å²) in [5, 5.41) is 3.44. The molecule has 0 saturated carbocycles. The molecule has 0 bridgehead atoms. The van der Waals surface area contributed by atoms with Crippen molar-refractivity contribution in [3.05, 3.63) is 35.5 Å². The van der Waals surface area contributed by atoms with E-state index in [1.165, 1.54) is 32.1 Å². The van der Waals surface area contributed by atoms with Gasteiger partial charge in [0, 0.05) is 12.6 Å². The van der Waals surface area contributed by atoms with Gasteiger partial charge >= 0.3 is 0 Å². The fraction of sp³-hybridized carbons (Fsp3) is 0.533. The number of aromatic nitrogens is 1. The Balaban J connectivity index is 1.69. The number of hydrogen-bond acceptors (Lipinski definition) is 3. The molecule has 0 amide bonds. The first-order valence-electron chi connectivity index (χ1n) is 6.77. The second kappa shape index (κ2) is 7.17. The van der Waals surface area contributed by atoms with E-state index in [0.717, 1.165) is 18.8 Å². The number of pyridine rings is 1. The van der Waals surface area contributed by atoms with Crippen molar-refractivity contribution >= 4 is 0 Å². The molecule has 1 aliphatic carbocycles. The minimum Gasteiger partial charge on any atom is -0.481 e. The number of methoxy groups -OCH3 is 1. The average Bonchev–Trinajstić information content (AvgIpc) is 2.45. The summed E-state index contributed by atoms with van der Waals surface area (Å²) in [6.45, 7) is 1.84. The molecule has 0 unspecified atom stereocenters. The molecule has 1 aromatic rings. The lowest BCUT2D eigenvalue weighted by Gasteiger charge is -2.12. The van der Waals surface area contributed by atoms with Crippen LogP contribution in [0.1, 0.15) is 37.8 Å². The lowest BCUT2D eigenvalue weighted by Crippen LogP contribution is -2.16. The maximum absolute atomic E-state index is 5.11. The van der Waals surface area contributed by atoms with E-state index < -0.39 is 0 Å². The van der Waals surface area contributed by atoms with Gasteiger partial charge in [0.15, 0.2) is 0 Å². The van der Waals surface area contributed by atoms with Crippen molar-refractivity contribution in [2.75, 3.05) is 13.7 Å². The molecule has 1 heterocycles. The zero-order valence-electron chi connectivity index (χ0n) is 11.1. The van der Waals surface area contributed by atoms with E-state index in [4.69, 9.17) is 4.74 Å². The minimum absolute atomic E-state index is 0.685. The van der Waals surface area contributed by atoms with Gasteiger partial charge in [0.2, 0.25) is 5.88 Å². The standard InChI is InChI=1S/C15H22N2O/c1-18-15-9-5-8-14(17-15)12-16-11-10-13-6-3-2-4-7-13/h5-6,8-9,16H,2-4,7,10-12H2,1H3. The molecule has 0 saturated heterocycles. The third kappa shape index (κ3) is 4.15. The predicted molar refractivity (Wildman–Crippen MR) is 73.7 cm³/mol. The molecule has 1 aromatic heterocycles. The average molecular weight is 246 g/mol.